The van der Waals surface area contributed by atoms with Crippen molar-refractivity contribution in [1.29, 1.82) is 0 Å². The average molecular weight is 262 g/mol. The second-order valence-electron chi connectivity index (χ2n) is 5.99. The molecule has 0 aromatic heterocycles. The molecule has 3 N–H and O–H groups in total. The van der Waals surface area contributed by atoms with Crippen molar-refractivity contribution < 1.29 is 5.11 Å². The zero-order valence-electron chi connectivity index (χ0n) is 12.3. The van der Waals surface area contributed by atoms with E-state index in [1.807, 2.05) is 6.07 Å². The molecule has 1 aromatic carbocycles. The minimum Gasteiger partial charge on any atom is -0.508 e. The van der Waals surface area contributed by atoms with E-state index in [2.05, 4.69) is 31.7 Å². The van der Waals surface area contributed by atoms with E-state index in [-0.39, 0.29) is 12.1 Å². The largest absolute Gasteiger partial charge is 0.508 e. The molecule has 19 heavy (non-hydrogen) atoms. The third kappa shape index (κ3) is 3.28. The van der Waals surface area contributed by atoms with Crippen LogP contribution in [-0.4, -0.2) is 29.1 Å². The highest BCUT2D eigenvalue weighted by Gasteiger charge is 2.27. The molecule has 1 heterocycles. The molecule has 2 rings (SSSR count). The third-order valence-electron chi connectivity index (χ3n) is 4.41. The van der Waals surface area contributed by atoms with Gasteiger partial charge in [-0.3, -0.25) is 4.90 Å². The van der Waals surface area contributed by atoms with Crippen LogP contribution in [0.1, 0.15) is 43.9 Å². The van der Waals surface area contributed by atoms with Gasteiger partial charge in [-0.1, -0.05) is 17.7 Å². The lowest BCUT2D eigenvalue weighted by Gasteiger charge is -2.38. The Labute approximate surface area is 116 Å². The molecular weight excluding hydrogens is 236 g/mol. The Balaban J connectivity index is 2.14. The van der Waals surface area contributed by atoms with Gasteiger partial charge in [-0.15, -0.1) is 0 Å². The molecule has 3 atom stereocenters. The number of hydrogen-bond donors (Lipinski definition) is 2. The summed E-state index contributed by atoms with van der Waals surface area (Å²) in [7, 11) is 0. The molecule has 0 amide bonds. The summed E-state index contributed by atoms with van der Waals surface area (Å²) in [4.78, 5) is 2.45. The fourth-order valence-corrected chi connectivity index (χ4v) is 3.03. The molecule has 1 fully saturated rings. The van der Waals surface area contributed by atoms with Gasteiger partial charge in [0.25, 0.3) is 0 Å². The molecule has 3 heteroatoms. The van der Waals surface area contributed by atoms with Crippen molar-refractivity contribution in [3.05, 3.63) is 29.3 Å². The summed E-state index contributed by atoms with van der Waals surface area (Å²) in [6.45, 7) is 8.47. The van der Waals surface area contributed by atoms with Crippen LogP contribution in [0.3, 0.4) is 0 Å². The van der Waals surface area contributed by atoms with E-state index in [1.54, 1.807) is 6.07 Å². The highest BCUT2D eigenvalue weighted by molar-refractivity contribution is 5.37. The van der Waals surface area contributed by atoms with Crippen LogP contribution in [0.5, 0.6) is 5.75 Å². The van der Waals surface area contributed by atoms with Crippen molar-refractivity contribution >= 4 is 0 Å². The van der Waals surface area contributed by atoms with Crippen LogP contribution in [0.2, 0.25) is 0 Å². The van der Waals surface area contributed by atoms with Gasteiger partial charge in [0, 0.05) is 24.2 Å². The number of nitrogens with zero attached hydrogens (tertiary/aromatic N) is 1. The molecule has 0 radical (unpaired) electrons. The lowest BCUT2D eigenvalue weighted by Crippen LogP contribution is -2.43. The highest BCUT2D eigenvalue weighted by Crippen LogP contribution is 2.32. The lowest BCUT2D eigenvalue weighted by atomic mass is 9.90. The molecule has 0 bridgehead atoms. The van der Waals surface area contributed by atoms with Crippen LogP contribution in [0.4, 0.5) is 0 Å². The zero-order chi connectivity index (χ0) is 14.0. The maximum atomic E-state index is 10.1. The monoisotopic (exact) mass is 262 g/mol. The van der Waals surface area contributed by atoms with Gasteiger partial charge in [0.1, 0.15) is 5.75 Å². The molecule has 1 saturated heterocycles. The summed E-state index contributed by atoms with van der Waals surface area (Å²) in [5.74, 6) is 0.976. The van der Waals surface area contributed by atoms with Crippen LogP contribution in [0.25, 0.3) is 0 Å². The van der Waals surface area contributed by atoms with E-state index in [0.717, 1.165) is 18.7 Å². The van der Waals surface area contributed by atoms with E-state index >= 15 is 0 Å². The van der Waals surface area contributed by atoms with Crippen LogP contribution in [0.15, 0.2) is 18.2 Å². The second-order valence-corrected chi connectivity index (χ2v) is 5.99. The van der Waals surface area contributed by atoms with E-state index in [9.17, 15) is 5.11 Å². The highest BCUT2D eigenvalue weighted by atomic mass is 16.3. The summed E-state index contributed by atoms with van der Waals surface area (Å²) in [6.07, 6.45) is 2.42. The van der Waals surface area contributed by atoms with Crippen molar-refractivity contribution in [3.8, 4) is 5.75 Å². The summed E-state index contributed by atoms with van der Waals surface area (Å²) in [6, 6.07) is 6.35. The Morgan fingerprint density at radius 1 is 1.37 bits per heavy atom. The fraction of sp³-hybridized carbons (Fsp3) is 0.625. The minimum atomic E-state index is 0.251. The standard InChI is InChI=1S/C16H26N2O/c1-11-6-7-16(19)15(9-11)13(3)18-8-4-5-14(10-18)12(2)17/h6-7,9,12-14,19H,4-5,8,10,17H2,1-3H3. The van der Waals surface area contributed by atoms with Crippen LogP contribution in [0, 0.1) is 12.8 Å². The summed E-state index contributed by atoms with van der Waals surface area (Å²) >= 11 is 0. The van der Waals surface area contributed by atoms with E-state index < -0.39 is 0 Å². The first-order valence-electron chi connectivity index (χ1n) is 7.28. The maximum absolute atomic E-state index is 10.1. The number of piperidine rings is 1. The predicted molar refractivity (Wildman–Crippen MR) is 79.2 cm³/mol. The number of aryl methyl sites for hydroxylation is 1. The average Bonchev–Trinajstić information content (AvgIpc) is 2.41. The number of likely N-dealkylation sites (tertiary alicyclic amines) is 1. The third-order valence-corrected chi connectivity index (χ3v) is 4.41. The van der Waals surface area contributed by atoms with Crippen molar-refractivity contribution in [2.24, 2.45) is 11.7 Å². The SMILES string of the molecule is Cc1ccc(O)c(C(C)N2CCCC(C(C)N)C2)c1. The number of benzene rings is 1. The van der Waals surface area contributed by atoms with Gasteiger partial charge in [-0.2, -0.15) is 0 Å². The molecule has 3 unspecified atom stereocenters. The normalized spacial score (nSPS) is 24.1. The summed E-state index contributed by atoms with van der Waals surface area (Å²) < 4.78 is 0. The number of phenols is 1. The Kier molecular flexibility index (Phi) is 4.48. The molecule has 1 aliphatic rings. The fourth-order valence-electron chi connectivity index (χ4n) is 3.03. The smallest absolute Gasteiger partial charge is 0.120 e. The van der Waals surface area contributed by atoms with Crippen LogP contribution in [-0.2, 0) is 0 Å². The number of phenolic OH excluding ortho intramolecular Hbond substituents is 1. The van der Waals surface area contributed by atoms with Gasteiger partial charge in [-0.25, -0.2) is 0 Å². The molecule has 1 aromatic rings. The first kappa shape index (κ1) is 14.4. The van der Waals surface area contributed by atoms with Gasteiger partial charge in [-0.05, 0) is 52.1 Å². The Hall–Kier alpha value is -1.06. The second kappa shape index (κ2) is 5.93. The number of aromatic hydroxyl groups is 1. The number of hydrogen-bond acceptors (Lipinski definition) is 3. The Morgan fingerprint density at radius 2 is 2.11 bits per heavy atom. The van der Waals surface area contributed by atoms with Gasteiger partial charge in [0.2, 0.25) is 0 Å². The molecule has 106 valence electrons. The van der Waals surface area contributed by atoms with E-state index in [0.29, 0.717) is 11.7 Å². The topological polar surface area (TPSA) is 49.5 Å². The maximum Gasteiger partial charge on any atom is 0.120 e. The number of rotatable bonds is 3. The Bertz CT molecular complexity index is 431. The van der Waals surface area contributed by atoms with Crippen molar-refractivity contribution in [1.82, 2.24) is 4.90 Å². The molecule has 0 aliphatic carbocycles. The quantitative estimate of drug-likeness (QED) is 0.880. The molecular formula is C16H26N2O. The molecule has 1 aliphatic heterocycles. The van der Waals surface area contributed by atoms with Gasteiger partial charge >= 0.3 is 0 Å². The van der Waals surface area contributed by atoms with Crippen molar-refractivity contribution in [3.63, 3.8) is 0 Å². The molecule has 3 nitrogen and oxygen atoms in total. The molecule has 0 spiro atoms. The molecule has 0 saturated carbocycles. The first-order chi connectivity index (χ1) is 8.99. The number of nitrogens with two attached hydrogens (primary N) is 1. The van der Waals surface area contributed by atoms with Crippen molar-refractivity contribution in [2.75, 3.05) is 13.1 Å². The van der Waals surface area contributed by atoms with E-state index in [1.165, 1.54) is 18.4 Å². The van der Waals surface area contributed by atoms with Gasteiger partial charge in [0.05, 0.1) is 0 Å². The summed E-state index contributed by atoms with van der Waals surface area (Å²) in [5, 5.41) is 10.1. The minimum absolute atomic E-state index is 0.251. The zero-order valence-corrected chi connectivity index (χ0v) is 12.3. The summed E-state index contributed by atoms with van der Waals surface area (Å²) in [5.41, 5.74) is 8.27. The van der Waals surface area contributed by atoms with Crippen molar-refractivity contribution in [2.45, 2.75) is 45.7 Å². The predicted octanol–water partition coefficient (Wildman–Crippen LogP) is 2.82. The lowest BCUT2D eigenvalue weighted by molar-refractivity contribution is 0.120. The van der Waals surface area contributed by atoms with Crippen LogP contribution < -0.4 is 5.73 Å². The Morgan fingerprint density at radius 3 is 2.79 bits per heavy atom. The van der Waals surface area contributed by atoms with Gasteiger partial charge < -0.3 is 10.8 Å². The van der Waals surface area contributed by atoms with Gasteiger partial charge in [0.15, 0.2) is 0 Å². The van der Waals surface area contributed by atoms with E-state index in [4.69, 9.17) is 5.73 Å². The first-order valence-corrected chi connectivity index (χ1v) is 7.28. The van der Waals surface area contributed by atoms with Crippen LogP contribution >= 0.6 is 0 Å².